The molecule has 0 N–H and O–H groups in total. The summed E-state index contributed by atoms with van der Waals surface area (Å²) >= 11 is 0. The highest BCUT2D eigenvalue weighted by Gasteiger charge is 2.34. The predicted octanol–water partition coefficient (Wildman–Crippen LogP) is 1.26. The lowest BCUT2D eigenvalue weighted by atomic mass is 10.2. The fourth-order valence-corrected chi connectivity index (χ4v) is 4.23. The van der Waals surface area contributed by atoms with Crippen molar-refractivity contribution in [3.8, 4) is 11.5 Å². The summed E-state index contributed by atoms with van der Waals surface area (Å²) in [7, 11) is -3.56. The van der Waals surface area contributed by atoms with Crippen LogP contribution in [0.15, 0.2) is 23.1 Å². The summed E-state index contributed by atoms with van der Waals surface area (Å²) in [6.45, 7) is 5.40. The highest BCUT2D eigenvalue weighted by molar-refractivity contribution is 7.89. The molecule has 0 radical (unpaired) electrons. The summed E-state index contributed by atoms with van der Waals surface area (Å²) in [5.41, 5.74) is 0. The molecule has 2 heterocycles. The topological polar surface area (TPSA) is 65.1 Å². The third kappa shape index (κ3) is 2.73. The second kappa shape index (κ2) is 5.47. The van der Waals surface area contributed by atoms with Crippen LogP contribution in [0.5, 0.6) is 11.5 Å². The van der Waals surface area contributed by atoms with E-state index in [9.17, 15) is 8.42 Å². The maximum Gasteiger partial charge on any atom is 0.243 e. The van der Waals surface area contributed by atoms with E-state index >= 15 is 0 Å². The van der Waals surface area contributed by atoms with Crippen LogP contribution in [-0.4, -0.2) is 51.2 Å². The van der Waals surface area contributed by atoms with Crippen LogP contribution in [0.3, 0.4) is 0 Å². The molecule has 2 aliphatic heterocycles. The number of fused-ring (bicyclic) bond motifs is 1. The summed E-state index contributed by atoms with van der Waals surface area (Å²) < 4.78 is 43.5. The Hall–Kier alpha value is -1.31. The van der Waals surface area contributed by atoms with E-state index in [1.807, 2.05) is 13.8 Å². The van der Waals surface area contributed by atoms with Crippen molar-refractivity contribution < 1.29 is 22.6 Å². The van der Waals surface area contributed by atoms with Gasteiger partial charge in [-0.3, -0.25) is 0 Å². The summed E-state index contributed by atoms with van der Waals surface area (Å²) in [4.78, 5) is 0.229. The van der Waals surface area contributed by atoms with E-state index in [4.69, 9.17) is 14.2 Å². The van der Waals surface area contributed by atoms with Crippen LogP contribution in [0.4, 0.5) is 0 Å². The SMILES string of the molecule is C[C@H]1CN(S(=O)(=O)c2ccc3c(c2)OCCO3)[C@@H](C)CO1. The molecule has 1 aromatic rings. The van der Waals surface area contributed by atoms with Gasteiger partial charge in [0, 0.05) is 18.7 Å². The quantitative estimate of drug-likeness (QED) is 0.822. The Morgan fingerprint density at radius 1 is 1.14 bits per heavy atom. The van der Waals surface area contributed by atoms with Crippen molar-refractivity contribution >= 4 is 10.0 Å². The molecular formula is C14H19NO5S. The molecule has 2 atom stereocenters. The van der Waals surface area contributed by atoms with Gasteiger partial charge in [-0.1, -0.05) is 0 Å². The normalized spacial score (nSPS) is 26.6. The summed E-state index contributed by atoms with van der Waals surface area (Å²) in [6.07, 6.45) is -0.104. The number of morpholine rings is 1. The standard InChI is InChI=1S/C14H19NO5S/c1-10-9-20-11(2)8-15(10)21(16,17)12-3-4-13-14(7-12)19-6-5-18-13/h3-4,7,10-11H,5-6,8-9H2,1-2H3/t10-,11-/m0/s1. The molecule has 1 saturated heterocycles. The zero-order chi connectivity index (χ0) is 15.0. The first-order valence-electron chi connectivity index (χ1n) is 7.01. The Labute approximate surface area is 124 Å². The van der Waals surface area contributed by atoms with Gasteiger partial charge >= 0.3 is 0 Å². The van der Waals surface area contributed by atoms with Crippen LogP contribution >= 0.6 is 0 Å². The van der Waals surface area contributed by atoms with E-state index in [0.29, 0.717) is 37.9 Å². The van der Waals surface area contributed by atoms with E-state index in [0.717, 1.165) is 0 Å². The van der Waals surface area contributed by atoms with Gasteiger partial charge in [-0.05, 0) is 26.0 Å². The van der Waals surface area contributed by atoms with Crippen LogP contribution < -0.4 is 9.47 Å². The summed E-state index contributed by atoms with van der Waals surface area (Å²) in [5, 5.41) is 0. The first-order chi connectivity index (χ1) is 9.98. The fraction of sp³-hybridized carbons (Fsp3) is 0.571. The van der Waals surface area contributed by atoms with Crippen molar-refractivity contribution in [3.05, 3.63) is 18.2 Å². The number of rotatable bonds is 2. The highest BCUT2D eigenvalue weighted by Crippen LogP contribution is 2.34. The van der Waals surface area contributed by atoms with Crippen LogP contribution in [0, 0.1) is 0 Å². The molecule has 0 spiro atoms. The number of sulfonamides is 1. The molecule has 1 aromatic carbocycles. The molecule has 0 saturated carbocycles. The molecule has 3 rings (SSSR count). The minimum absolute atomic E-state index is 0.104. The molecule has 2 aliphatic rings. The summed E-state index contributed by atoms with van der Waals surface area (Å²) in [6, 6.07) is 4.57. The van der Waals surface area contributed by atoms with Crippen molar-refractivity contribution in [1.82, 2.24) is 4.31 Å². The van der Waals surface area contributed by atoms with Gasteiger partial charge in [0.15, 0.2) is 11.5 Å². The first kappa shape index (κ1) is 14.6. The number of nitrogens with zero attached hydrogens (tertiary/aromatic N) is 1. The molecule has 21 heavy (non-hydrogen) atoms. The van der Waals surface area contributed by atoms with Gasteiger partial charge in [0.25, 0.3) is 0 Å². The third-order valence-electron chi connectivity index (χ3n) is 3.67. The second-order valence-corrected chi connectivity index (χ2v) is 7.26. The van der Waals surface area contributed by atoms with Crippen molar-refractivity contribution in [2.24, 2.45) is 0 Å². The zero-order valence-corrected chi connectivity index (χ0v) is 12.9. The molecule has 0 unspecified atom stereocenters. The lowest BCUT2D eigenvalue weighted by Gasteiger charge is -2.35. The van der Waals surface area contributed by atoms with Gasteiger partial charge < -0.3 is 14.2 Å². The number of hydrogen-bond acceptors (Lipinski definition) is 5. The fourth-order valence-electron chi connectivity index (χ4n) is 2.53. The number of benzene rings is 1. The second-order valence-electron chi connectivity index (χ2n) is 5.37. The van der Waals surface area contributed by atoms with E-state index < -0.39 is 10.0 Å². The molecule has 116 valence electrons. The molecule has 0 amide bonds. The van der Waals surface area contributed by atoms with Gasteiger partial charge in [-0.2, -0.15) is 4.31 Å². The smallest absolute Gasteiger partial charge is 0.243 e. The molecular weight excluding hydrogens is 294 g/mol. The Balaban J connectivity index is 1.94. The molecule has 0 aromatic heterocycles. The van der Waals surface area contributed by atoms with Crippen molar-refractivity contribution in [2.75, 3.05) is 26.4 Å². The van der Waals surface area contributed by atoms with Gasteiger partial charge in [0.2, 0.25) is 10.0 Å². The third-order valence-corrected chi connectivity index (χ3v) is 5.65. The van der Waals surface area contributed by atoms with E-state index in [2.05, 4.69) is 0 Å². The molecule has 7 heteroatoms. The Kier molecular flexibility index (Phi) is 3.81. The monoisotopic (exact) mass is 313 g/mol. The Morgan fingerprint density at radius 3 is 2.62 bits per heavy atom. The summed E-state index contributed by atoms with van der Waals surface area (Å²) in [5.74, 6) is 1.07. The lowest BCUT2D eigenvalue weighted by molar-refractivity contribution is -0.0170. The maximum absolute atomic E-state index is 12.8. The minimum atomic E-state index is -3.56. The average Bonchev–Trinajstić information content (AvgIpc) is 2.49. The van der Waals surface area contributed by atoms with Crippen LogP contribution in [0.25, 0.3) is 0 Å². The predicted molar refractivity (Wildman–Crippen MR) is 76.2 cm³/mol. The van der Waals surface area contributed by atoms with Gasteiger partial charge in [0.1, 0.15) is 13.2 Å². The van der Waals surface area contributed by atoms with E-state index in [1.54, 1.807) is 12.1 Å². The van der Waals surface area contributed by atoms with Crippen LogP contribution in [-0.2, 0) is 14.8 Å². The Morgan fingerprint density at radius 2 is 1.86 bits per heavy atom. The highest BCUT2D eigenvalue weighted by atomic mass is 32.2. The van der Waals surface area contributed by atoms with E-state index in [-0.39, 0.29) is 17.0 Å². The Bertz CT molecular complexity index is 630. The lowest BCUT2D eigenvalue weighted by Crippen LogP contribution is -2.50. The maximum atomic E-state index is 12.8. The van der Waals surface area contributed by atoms with Crippen molar-refractivity contribution in [1.29, 1.82) is 0 Å². The van der Waals surface area contributed by atoms with Gasteiger partial charge in [-0.25, -0.2) is 8.42 Å². The molecule has 0 bridgehead atoms. The molecule has 0 aliphatic carbocycles. The van der Waals surface area contributed by atoms with Crippen LogP contribution in [0.2, 0.25) is 0 Å². The van der Waals surface area contributed by atoms with Gasteiger partial charge in [0.05, 0.1) is 17.6 Å². The zero-order valence-electron chi connectivity index (χ0n) is 12.1. The molecule has 6 nitrogen and oxygen atoms in total. The first-order valence-corrected chi connectivity index (χ1v) is 8.45. The van der Waals surface area contributed by atoms with Gasteiger partial charge in [-0.15, -0.1) is 0 Å². The van der Waals surface area contributed by atoms with E-state index in [1.165, 1.54) is 10.4 Å². The average molecular weight is 313 g/mol. The van der Waals surface area contributed by atoms with Crippen LogP contribution in [0.1, 0.15) is 13.8 Å². The van der Waals surface area contributed by atoms with Crippen molar-refractivity contribution in [2.45, 2.75) is 30.9 Å². The minimum Gasteiger partial charge on any atom is -0.486 e. The number of ether oxygens (including phenoxy) is 3. The van der Waals surface area contributed by atoms with Crippen molar-refractivity contribution in [3.63, 3.8) is 0 Å². The number of hydrogen-bond donors (Lipinski definition) is 0. The molecule has 1 fully saturated rings. The largest absolute Gasteiger partial charge is 0.486 e.